The van der Waals surface area contributed by atoms with Crippen LogP contribution in [0.4, 0.5) is 13.2 Å². The molecule has 0 aliphatic carbocycles. The van der Waals surface area contributed by atoms with Gasteiger partial charge in [-0.3, -0.25) is 0 Å². The van der Waals surface area contributed by atoms with Crippen LogP contribution in [0.3, 0.4) is 0 Å². The second kappa shape index (κ2) is 6.03. The Morgan fingerprint density at radius 2 is 1.86 bits per heavy atom. The van der Waals surface area contributed by atoms with Crippen molar-refractivity contribution in [2.24, 2.45) is 0 Å². The summed E-state index contributed by atoms with van der Waals surface area (Å²) < 4.78 is 41.4. The molecular weight excluding hydrogens is 285 g/mol. The van der Waals surface area contributed by atoms with Crippen molar-refractivity contribution in [2.75, 3.05) is 6.61 Å². The maximum atomic E-state index is 12.0. The monoisotopic (exact) mass is 298 g/mol. The van der Waals surface area contributed by atoms with Gasteiger partial charge in [-0.25, -0.2) is 4.79 Å². The molecule has 0 aliphatic heterocycles. The van der Waals surface area contributed by atoms with E-state index in [0.717, 1.165) is 5.39 Å². The molecule has 0 fully saturated rings. The summed E-state index contributed by atoms with van der Waals surface area (Å²) in [6.45, 7) is -0.182. The van der Waals surface area contributed by atoms with Gasteiger partial charge in [-0.2, -0.15) is 13.2 Å². The molecule has 112 valence electrons. The number of carboxylic acids is 1. The smallest absolute Gasteiger partial charge is 0.389 e. The van der Waals surface area contributed by atoms with Crippen LogP contribution >= 0.6 is 0 Å². The fraction of sp³-hybridized carbons (Fsp3) is 0.267. The molecule has 0 heterocycles. The van der Waals surface area contributed by atoms with Crippen LogP contribution in [0.25, 0.3) is 10.8 Å². The third-order valence-corrected chi connectivity index (χ3v) is 2.97. The number of benzene rings is 2. The summed E-state index contributed by atoms with van der Waals surface area (Å²) in [6.07, 6.45) is -5.40. The summed E-state index contributed by atoms with van der Waals surface area (Å²) in [5.74, 6) is -1.08. The van der Waals surface area contributed by atoms with E-state index in [9.17, 15) is 23.1 Å². The molecule has 2 aromatic carbocycles. The number of rotatable bonds is 5. The van der Waals surface area contributed by atoms with E-state index in [-0.39, 0.29) is 24.3 Å². The van der Waals surface area contributed by atoms with E-state index in [1.807, 2.05) is 0 Å². The molecule has 1 N–H and O–H groups in total. The van der Waals surface area contributed by atoms with Crippen LogP contribution in [-0.4, -0.2) is 23.9 Å². The Morgan fingerprint density at radius 3 is 2.52 bits per heavy atom. The van der Waals surface area contributed by atoms with E-state index in [4.69, 9.17) is 4.74 Å². The zero-order valence-electron chi connectivity index (χ0n) is 11.0. The van der Waals surface area contributed by atoms with Gasteiger partial charge in [-0.05, 0) is 23.3 Å². The summed E-state index contributed by atoms with van der Waals surface area (Å²) >= 11 is 0. The standard InChI is InChI=1S/C15H13F3O3/c16-15(17,18)8-3-9-21-12-7-6-10-4-1-2-5-11(10)13(12)14(19)20/h1-2,4-7H,3,8-9H2,(H,19,20). The summed E-state index contributed by atoms with van der Waals surface area (Å²) in [5, 5.41) is 10.5. The summed E-state index contributed by atoms with van der Waals surface area (Å²) in [6, 6.07) is 10.0. The highest BCUT2D eigenvalue weighted by molar-refractivity contribution is 6.06. The molecule has 0 aliphatic rings. The Balaban J connectivity index is 2.20. The average molecular weight is 298 g/mol. The molecule has 2 rings (SSSR count). The topological polar surface area (TPSA) is 46.5 Å². The highest BCUT2D eigenvalue weighted by Gasteiger charge is 2.26. The Kier molecular flexibility index (Phi) is 4.35. The number of hydrogen-bond acceptors (Lipinski definition) is 2. The summed E-state index contributed by atoms with van der Waals surface area (Å²) in [5.41, 5.74) is -0.0277. The van der Waals surface area contributed by atoms with Gasteiger partial charge in [0.25, 0.3) is 0 Å². The molecule has 0 aromatic heterocycles. The molecule has 0 amide bonds. The SMILES string of the molecule is O=C(O)c1c(OCCCC(F)(F)F)ccc2ccccc12. The van der Waals surface area contributed by atoms with Gasteiger partial charge >= 0.3 is 12.1 Å². The van der Waals surface area contributed by atoms with E-state index in [0.29, 0.717) is 5.39 Å². The molecule has 0 spiro atoms. The normalized spacial score (nSPS) is 11.6. The molecule has 21 heavy (non-hydrogen) atoms. The fourth-order valence-corrected chi connectivity index (χ4v) is 2.05. The Bertz CT molecular complexity index is 650. The van der Waals surface area contributed by atoms with E-state index < -0.39 is 18.6 Å². The van der Waals surface area contributed by atoms with Gasteiger partial charge in [0.15, 0.2) is 0 Å². The maximum Gasteiger partial charge on any atom is 0.389 e. The van der Waals surface area contributed by atoms with E-state index in [2.05, 4.69) is 0 Å². The lowest BCUT2D eigenvalue weighted by Gasteiger charge is -2.12. The number of carbonyl (C=O) groups is 1. The van der Waals surface area contributed by atoms with Crippen LogP contribution in [0.15, 0.2) is 36.4 Å². The van der Waals surface area contributed by atoms with Crippen LogP contribution in [-0.2, 0) is 0 Å². The highest BCUT2D eigenvalue weighted by Crippen LogP contribution is 2.29. The molecule has 0 radical (unpaired) electrons. The minimum absolute atomic E-state index is 0.0277. The van der Waals surface area contributed by atoms with E-state index in [1.54, 1.807) is 30.3 Å². The third-order valence-electron chi connectivity index (χ3n) is 2.97. The maximum absolute atomic E-state index is 12.0. The number of aromatic carboxylic acids is 1. The van der Waals surface area contributed by atoms with Crippen molar-refractivity contribution in [3.05, 3.63) is 42.0 Å². The molecule has 3 nitrogen and oxygen atoms in total. The first kappa shape index (κ1) is 15.2. The third kappa shape index (κ3) is 3.87. The van der Waals surface area contributed by atoms with Gasteiger partial charge in [-0.1, -0.05) is 30.3 Å². The van der Waals surface area contributed by atoms with E-state index >= 15 is 0 Å². The number of ether oxygens (including phenoxy) is 1. The van der Waals surface area contributed by atoms with Gasteiger partial charge in [0.1, 0.15) is 11.3 Å². The molecule has 0 bridgehead atoms. The largest absolute Gasteiger partial charge is 0.493 e. The van der Waals surface area contributed by atoms with Crippen LogP contribution in [0.5, 0.6) is 5.75 Å². The summed E-state index contributed by atoms with van der Waals surface area (Å²) in [4.78, 5) is 11.4. The molecule has 0 atom stereocenters. The van der Waals surface area contributed by atoms with Crippen LogP contribution in [0, 0.1) is 0 Å². The Hall–Kier alpha value is -2.24. The van der Waals surface area contributed by atoms with Gasteiger partial charge in [0.05, 0.1) is 6.61 Å². The van der Waals surface area contributed by atoms with Crippen molar-refractivity contribution in [1.82, 2.24) is 0 Å². The number of alkyl halides is 3. The molecule has 6 heteroatoms. The summed E-state index contributed by atoms with van der Waals surface area (Å²) in [7, 11) is 0. The van der Waals surface area contributed by atoms with Crippen molar-refractivity contribution < 1.29 is 27.8 Å². The van der Waals surface area contributed by atoms with Crippen LogP contribution in [0.2, 0.25) is 0 Å². The lowest BCUT2D eigenvalue weighted by atomic mass is 10.0. The Labute approximate surface area is 119 Å². The van der Waals surface area contributed by atoms with Crippen LogP contribution in [0.1, 0.15) is 23.2 Å². The molecular formula is C15H13F3O3. The first-order valence-corrected chi connectivity index (χ1v) is 6.33. The fourth-order valence-electron chi connectivity index (χ4n) is 2.05. The zero-order chi connectivity index (χ0) is 15.5. The number of halogens is 3. The molecule has 0 saturated carbocycles. The average Bonchev–Trinajstić information content (AvgIpc) is 2.41. The second-order valence-electron chi connectivity index (χ2n) is 4.53. The van der Waals surface area contributed by atoms with Crippen molar-refractivity contribution >= 4 is 16.7 Å². The Morgan fingerprint density at radius 1 is 1.14 bits per heavy atom. The lowest BCUT2D eigenvalue weighted by molar-refractivity contribution is -0.136. The molecule has 0 saturated heterocycles. The predicted octanol–water partition coefficient (Wildman–Crippen LogP) is 4.26. The number of hydrogen-bond donors (Lipinski definition) is 1. The quantitative estimate of drug-likeness (QED) is 0.839. The molecule has 2 aromatic rings. The zero-order valence-corrected chi connectivity index (χ0v) is 11.0. The second-order valence-corrected chi connectivity index (χ2v) is 4.53. The number of fused-ring (bicyclic) bond motifs is 1. The van der Waals surface area contributed by atoms with Crippen molar-refractivity contribution in [2.45, 2.75) is 19.0 Å². The van der Waals surface area contributed by atoms with Gasteiger partial charge in [-0.15, -0.1) is 0 Å². The molecule has 0 unspecified atom stereocenters. The van der Waals surface area contributed by atoms with E-state index in [1.165, 1.54) is 6.07 Å². The van der Waals surface area contributed by atoms with Gasteiger partial charge in [0, 0.05) is 6.42 Å². The van der Waals surface area contributed by atoms with Crippen LogP contribution < -0.4 is 4.74 Å². The minimum Gasteiger partial charge on any atom is -0.493 e. The minimum atomic E-state index is -4.23. The first-order valence-electron chi connectivity index (χ1n) is 6.33. The van der Waals surface area contributed by atoms with Crippen molar-refractivity contribution in [3.63, 3.8) is 0 Å². The number of carboxylic acid groups (broad SMARTS) is 1. The highest BCUT2D eigenvalue weighted by atomic mass is 19.4. The van der Waals surface area contributed by atoms with Gasteiger partial charge < -0.3 is 9.84 Å². The first-order chi connectivity index (χ1) is 9.88. The predicted molar refractivity (Wildman–Crippen MR) is 71.7 cm³/mol. The lowest BCUT2D eigenvalue weighted by Crippen LogP contribution is -2.11. The van der Waals surface area contributed by atoms with Crippen molar-refractivity contribution in [1.29, 1.82) is 0 Å². The van der Waals surface area contributed by atoms with Crippen molar-refractivity contribution in [3.8, 4) is 5.75 Å². The van der Waals surface area contributed by atoms with Gasteiger partial charge in [0.2, 0.25) is 0 Å².